The lowest BCUT2D eigenvalue weighted by Crippen LogP contribution is -2.04. The second kappa shape index (κ2) is 6.65. The monoisotopic (exact) mass is 217 g/mol. The van der Waals surface area contributed by atoms with Gasteiger partial charge < -0.3 is 9.47 Å². The van der Waals surface area contributed by atoms with Crippen molar-refractivity contribution in [2.45, 2.75) is 13.3 Å². The number of ether oxygens (including phenoxy) is 2. The van der Waals surface area contributed by atoms with Crippen molar-refractivity contribution in [1.82, 2.24) is 0 Å². The quantitative estimate of drug-likeness (QED) is 0.418. The molecular formula is C13H15NO2. The molecule has 0 radical (unpaired) electrons. The normalized spacial score (nSPS) is 9.50. The van der Waals surface area contributed by atoms with Gasteiger partial charge in [-0.15, -0.1) is 6.58 Å². The first kappa shape index (κ1) is 12.3. The Hall–Kier alpha value is -1.79. The molecule has 0 aliphatic rings. The van der Waals surface area contributed by atoms with E-state index in [1.807, 2.05) is 13.0 Å². The van der Waals surface area contributed by atoms with E-state index in [4.69, 9.17) is 14.7 Å². The fourth-order valence-electron chi connectivity index (χ4n) is 1.29. The first-order valence-corrected chi connectivity index (χ1v) is 5.16. The van der Waals surface area contributed by atoms with E-state index in [0.717, 1.165) is 11.3 Å². The smallest absolute Gasteiger partial charge is 0.189 e. The number of hydrogen-bond acceptors (Lipinski definition) is 3. The summed E-state index contributed by atoms with van der Waals surface area (Å²) in [6.45, 7) is 6.44. The third-order valence-electron chi connectivity index (χ3n) is 2.06. The number of hydrogen-bond donors (Lipinski definition) is 0. The summed E-state index contributed by atoms with van der Waals surface area (Å²) in [5, 5.41) is 8.79. The summed E-state index contributed by atoms with van der Waals surface area (Å²) in [5.74, 6) is 0.743. The van der Waals surface area contributed by atoms with Crippen LogP contribution in [-0.4, -0.2) is 13.4 Å². The number of nitriles is 1. The Labute approximate surface area is 95.9 Å². The number of allylic oxidation sites excluding steroid dienone is 1. The van der Waals surface area contributed by atoms with Gasteiger partial charge in [0.2, 0.25) is 0 Å². The molecule has 1 rings (SSSR count). The van der Waals surface area contributed by atoms with Gasteiger partial charge in [0.25, 0.3) is 0 Å². The molecule has 0 aliphatic carbocycles. The maximum Gasteiger partial charge on any atom is 0.189 e. The minimum Gasteiger partial charge on any atom is -0.467 e. The molecule has 0 unspecified atom stereocenters. The topological polar surface area (TPSA) is 42.2 Å². The Kier molecular flexibility index (Phi) is 5.10. The zero-order valence-corrected chi connectivity index (χ0v) is 9.40. The van der Waals surface area contributed by atoms with E-state index in [2.05, 4.69) is 12.6 Å². The number of nitrogens with zero attached hydrogens (tertiary/aromatic N) is 1. The molecule has 84 valence electrons. The standard InChI is InChI=1S/C13H15NO2/c1-3-5-12-8-11(9-14)6-7-13(12)16-10-15-4-2/h3,6-8H,1,4-5,10H2,2H3. The van der Waals surface area contributed by atoms with Gasteiger partial charge in [-0.2, -0.15) is 5.26 Å². The summed E-state index contributed by atoms with van der Waals surface area (Å²) in [7, 11) is 0. The number of rotatable bonds is 6. The van der Waals surface area contributed by atoms with Gasteiger partial charge in [-0.3, -0.25) is 0 Å². The van der Waals surface area contributed by atoms with Crippen LogP contribution < -0.4 is 4.74 Å². The molecule has 3 nitrogen and oxygen atoms in total. The summed E-state index contributed by atoms with van der Waals surface area (Å²) in [6, 6.07) is 7.43. The molecule has 0 bridgehead atoms. The first-order valence-electron chi connectivity index (χ1n) is 5.16. The zero-order chi connectivity index (χ0) is 11.8. The highest BCUT2D eigenvalue weighted by atomic mass is 16.7. The van der Waals surface area contributed by atoms with E-state index < -0.39 is 0 Å². The molecule has 0 aromatic heterocycles. The second-order valence-electron chi connectivity index (χ2n) is 3.18. The largest absolute Gasteiger partial charge is 0.467 e. The van der Waals surface area contributed by atoms with Crippen LogP contribution in [0.15, 0.2) is 30.9 Å². The SMILES string of the molecule is C=CCc1cc(C#N)ccc1OCOCC. The Morgan fingerprint density at radius 2 is 2.31 bits per heavy atom. The highest BCUT2D eigenvalue weighted by Crippen LogP contribution is 2.20. The lowest BCUT2D eigenvalue weighted by molar-refractivity contribution is 0.0219. The molecule has 0 spiro atoms. The maximum atomic E-state index is 8.79. The molecule has 0 fully saturated rings. The summed E-state index contributed by atoms with van der Waals surface area (Å²) in [4.78, 5) is 0. The fourth-order valence-corrected chi connectivity index (χ4v) is 1.29. The fraction of sp³-hybridized carbons (Fsp3) is 0.308. The molecule has 1 aromatic carbocycles. The molecule has 0 saturated carbocycles. The van der Waals surface area contributed by atoms with Crippen molar-refractivity contribution in [3.05, 3.63) is 42.0 Å². The van der Waals surface area contributed by atoms with Gasteiger partial charge in [-0.05, 0) is 37.1 Å². The molecule has 0 atom stereocenters. The molecule has 0 heterocycles. The Morgan fingerprint density at radius 3 is 2.94 bits per heavy atom. The molecule has 0 aliphatic heterocycles. The molecule has 1 aromatic rings. The summed E-state index contributed by atoms with van der Waals surface area (Å²) >= 11 is 0. The van der Waals surface area contributed by atoms with Gasteiger partial charge in [0.15, 0.2) is 6.79 Å². The summed E-state index contributed by atoms with van der Waals surface area (Å²) in [6.07, 6.45) is 2.46. The molecular weight excluding hydrogens is 202 g/mol. The van der Waals surface area contributed by atoms with Crippen LogP contribution >= 0.6 is 0 Å². The second-order valence-corrected chi connectivity index (χ2v) is 3.18. The van der Waals surface area contributed by atoms with Crippen molar-refractivity contribution in [3.8, 4) is 11.8 Å². The lowest BCUT2D eigenvalue weighted by atomic mass is 10.1. The van der Waals surface area contributed by atoms with Gasteiger partial charge in [0.1, 0.15) is 5.75 Å². The van der Waals surface area contributed by atoms with E-state index in [1.165, 1.54) is 0 Å². The van der Waals surface area contributed by atoms with E-state index in [9.17, 15) is 0 Å². The molecule has 0 N–H and O–H groups in total. The Balaban J connectivity index is 2.81. The van der Waals surface area contributed by atoms with E-state index >= 15 is 0 Å². The van der Waals surface area contributed by atoms with Crippen LogP contribution in [0.1, 0.15) is 18.1 Å². The highest BCUT2D eigenvalue weighted by molar-refractivity contribution is 5.42. The summed E-state index contributed by atoms with van der Waals surface area (Å²) < 4.78 is 10.6. The van der Waals surface area contributed by atoms with E-state index in [-0.39, 0.29) is 6.79 Å². The summed E-state index contributed by atoms with van der Waals surface area (Å²) in [5.41, 5.74) is 1.58. The third kappa shape index (κ3) is 3.41. The molecule has 0 amide bonds. The van der Waals surface area contributed by atoms with Gasteiger partial charge in [0.05, 0.1) is 11.6 Å². The maximum absolute atomic E-state index is 8.79. The van der Waals surface area contributed by atoms with Crippen LogP contribution in [-0.2, 0) is 11.2 Å². The molecule has 16 heavy (non-hydrogen) atoms. The number of benzene rings is 1. The van der Waals surface area contributed by atoms with Gasteiger partial charge in [0, 0.05) is 6.61 Å². The van der Waals surface area contributed by atoms with Crippen LogP contribution in [0.5, 0.6) is 5.75 Å². The van der Waals surface area contributed by atoms with Crippen LogP contribution in [0, 0.1) is 11.3 Å². The predicted molar refractivity (Wildman–Crippen MR) is 62.2 cm³/mol. The van der Waals surface area contributed by atoms with Crippen molar-refractivity contribution < 1.29 is 9.47 Å². The molecule has 0 saturated heterocycles. The zero-order valence-electron chi connectivity index (χ0n) is 9.40. The third-order valence-corrected chi connectivity index (χ3v) is 2.06. The van der Waals surface area contributed by atoms with Gasteiger partial charge in [-0.1, -0.05) is 6.08 Å². The highest BCUT2D eigenvalue weighted by Gasteiger charge is 2.03. The van der Waals surface area contributed by atoms with Crippen LogP contribution in [0.3, 0.4) is 0 Å². The lowest BCUT2D eigenvalue weighted by Gasteiger charge is -2.10. The van der Waals surface area contributed by atoms with Crippen molar-refractivity contribution in [1.29, 1.82) is 5.26 Å². The first-order chi connectivity index (χ1) is 7.81. The van der Waals surface area contributed by atoms with Gasteiger partial charge in [-0.25, -0.2) is 0 Å². The average Bonchev–Trinajstić information content (AvgIpc) is 2.31. The van der Waals surface area contributed by atoms with E-state index in [1.54, 1.807) is 18.2 Å². The van der Waals surface area contributed by atoms with Crippen molar-refractivity contribution in [2.75, 3.05) is 13.4 Å². The van der Waals surface area contributed by atoms with Crippen molar-refractivity contribution >= 4 is 0 Å². The average molecular weight is 217 g/mol. The van der Waals surface area contributed by atoms with Crippen LogP contribution in [0.4, 0.5) is 0 Å². The van der Waals surface area contributed by atoms with Crippen LogP contribution in [0.25, 0.3) is 0 Å². The van der Waals surface area contributed by atoms with E-state index in [0.29, 0.717) is 18.6 Å². The predicted octanol–water partition coefficient (Wildman–Crippen LogP) is 2.66. The van der Waals surface area contributed by atoms with Crippen molar-refractivity contribution in [3.63, 3.8) is 0 Å². The minimum atomic E-state index is 0.229. The van der Waals surface area contributed by atoms with Crippen molar-refractivity contribution in [2.24, 2.45) is 0 Å². The van der Waals surface area contributed by atoms with Crippen LogP contribution in [0.2, 0.25) is 0 Å². The Morgan fingerprint density at radius 1 is 1.50 bits per heavy atom. The Bertz CT molecular complexity index is 393. The van der Waals surface area contributed by atoms with Gasteiger partial charge >= 0.3 is 0 Å². The molecule has 3 heteroatoms. The minimum absolute atomic E-state index is 0.229.